The highest BCUT2D eigenvalue weighted by molar-refractivity contribution is 7.89. The highest BCUT2D eigenvalue weighted by Gasteiger charge is 2.27. The van der Waals surface area contributed by atoms with Gasteiger partial charge in [-0.15, -0.1) is 11.3 Å². The van der Waals surface area contributed by atoms with Crippen molar-refractivity contribution in [1.82, 2.24) is 10.0 Å². The van der Waals surface area contributed by atoms with Gasteiger partial charge in [-0.1, -0.05) is 13.0 Å². The van der Waals surface area contributed by atoms with E-state index in [1.54, 1.807) is 24.4 Å². The zero-order valence-corrected chi connectivity index (χ0v) is 13.3. The molecule has 1 aromatic heterocycles. The second kappa shape index (κ2) is 7.53. The molecule has 0 aliphatic heterocycles. The van der Waals surface area contributed by atoms with E-state index in [1.165, 1.54) is 18.3 Å². The molecule has 0 spiro atoms. The molecule has 0 bridgehead atoms. The molecule has 2 atom stereocenters. The van der Waals surface area contributed by atoms with Gasteiger partial charge in [0.15, 0.2) is 6.04 Å². The van der Waals surface area contributed by atoms with E-state index in [0.29, 0.717) is 11.3 Å². The molecule has 0 aliphatic carbocycles. The first-order valence-corrected chi connectivity index (χ1v) is 8.86. The lowest BCUT2D eigenvalue weighted by Crippen LogP contribution is -2.47. The molecule has 7 nitrogen and oxygen atoms in total. The van der Waals surface area contributed by atoms with Crippen LogP contribution in [0.3, 0.4) is 0 Å². The van der Waals surface area contributed by atoms with E-state index in [9.17, 15) is 18.0 Å². The maximum Gasteiger partial charge on any atom is 0.331 e. The van der Waals surface area contributed by atoms with Crippen LogP contribution in [-0.4, -0.2) is 37.2 Å². The predicted molar refractivity (Wildman–Crippen MR) is 79.5 cm³/mol. The Labute approximate surface area is 127 Å². The Hall–Kier alpha value is -1.45. The number of carboxylic acids is 1. The summed E-state index contributed by atoms with van der Waals surface area (Å²) >= 11 is 1.20. The number of sulfonamides is 1. The summed E-state index contributed by atoms with van der Waals surface area (Å²) in [5.74, 6) is -1.97. The molecule has 1 amide bonds. The highest BCUT2D eigenvalue weighted by atomic mass is 32.2. The van der Waals surface area contributed by atoms with E-state index < -0.39 is 34.0 Å². The van der Waals surface area contributed by atoms with Crippen LogP contribution in [0, 0.1) is 0 Å². The number of carbonyl (C=O) groups is 2. The minimum atomic E-state index is -3.54. The first-order chi connectivity index (χ1) is 9.76. The lowest BCUT2D eigenvalue weighted by molar-refractivity contribution is -0.142. The number of carboxylic acid groups (broad SMARTS) is 1. The van der Waals surface area contributed by atoms with Crippen molar-refractivity contribution < 1.29 is 23.1 Å². The monoisotopic (exact) mass is 334 g/mol. The molecule has 0 aliphatic rings. The summed E-state index contributed by atoms with van der Waals surface area (Å²) in [4.78, 5) is 23.6. The smallest absolute Gasteiger partial charge is 0.331 e. The fourth-order valence-corrected chi connectivity index (χ4v) is 3.70. The van der Waals surface area contributed by atoms with Crippen LogP contribution in [0.15, 0.2) is 17.5 Å². The molecule has 1 aromatic rings. The van der Waals surface area contributed by atoms with Gasteiger partial charge in [-0.2, -0.15) is 0 Å². The molecule has 118 valence electrons. The standard InChI is InChI=1S/C12H18N2O5S2/c1-3-7-21(18,19)14-8(2)11(15)13-10(12(16)17)9-5-4-6-20-9/h4-6,8,10,14H,3,7H2,1-2H3,(H,13,15)(H,16,17). The zero-order chi connectivity index (χ0) is 16.0. The van der Waals surface area contributed by atoms with Crippen molar-refractivity contribution in [3.63, 3.8) is 0 Å². The van der Waals surface area contributed by atoms with Crippen LogP contribution in [0.2, 0.25) is 0 Å². The maximum atomic E-state index is 11.9. The molecular formula is C12H18N2O5S2. The highest BCUT2D eigenvalue weighted by Crippen LogP contribution is 2.19. The number of nitrogens with one attached hydrogen (secondary N) is 2. The van der Waals surface area contributed by atoms with Crippen molar-refractivity contribution in [3.05, 3.63) is 22.4 Å². The van der Waals surface area contributed by atoms with E-state index in [4.69, 9.17) is 5.11 Å². The van der Waals surface area contributed by atoms with Gasteiger partial charge in [0.05, 0.1) is 11.8 Å². The van der Waals surface area contributed by atoms with Crippen LogP contribution < -0.4 is 10.0 Å². The molecule has 1 heterocycles. The normalized spacial score (nSPS) is 14.4. The molecule has 0 saturated carbocycles. The van der Waals surface area contributed by atoms with Gasteiger partial charge in [0, 0.05) is 4.88 Å². The van der Waals surface area contributed by atoms with Crippen LogP contribution in [-0.2, 0) is 19.6 Å². The van der Waals surface area contributed by atoms with Crippen LogP contribution in [0.4, 0.5) is 0 Å². The Balaban J connectivity index is 2.72. The summed E-state index contributed by atoms with van der Waals surface area (Å²) in [6, 6.07) is 1.05. The molecule has 0 fully saturated rings. The van der Waals surface area contributed by atoms with Gasteiger partial charge in [0.2, 0.25) is 15.9 Å². The molecule has 21 heavy (non-hydrogen) atoms. The van der Waals surface area contributed by atoms with Crippen LogP contribution in [0.5, 0.6) is 0 Å². The van der Waals surface area contributed by atoms with Crippen molar-refractivity contribution in [1.29, 1.82) is 0 Å². The molecule has 9 heteroatoms. The van der Waals surface area contributed by atoms with Crippen molar-refractivity contribution >= 4 is 33.2 Å². The summed E-state index contributed by atoms with van der Waals surface area (Å²) in [5.41, 5.74) is 0. The van der Waals surface area contributed by atoms with Crippen molar-refractivity contribution in [2.24, 2.45) is 0 Å². The lowest BCUT2D eigenvalue weighted by Gasteiger charge is -2.17. The average molecular weight is 334 g/mol. The molecular weight excluding hydrogens is 316 g/mol. The second-order valence-corrected chi connectivity index (χ2v) is 7.31. The van der Waals surface area contributed by atoms with Gasteiger partial charge in [-0.3, -0.25) is 4.79 Å². The van der Waals surface area contributed by atoms with Gasteiger partial charge in [0.1, 0.15) is 0 Å². The summed E-state index contributed by atoms with van der Waals surface area (Å²) in [5, 5.41) is 13.2. The number of thiophene rings is 1. The Morgan fingerprint density at radius 3 is 2.57 bits per heavy atom. The third kappa shape index (κ3) is 5.44. The molecule has 3 N–H and O–H groups in total. The zero-order valence-electron chi connectivity index (χ0n) is 11.7. The van der Waals surface area contributed by atoms with Gasteiger partial charge >= 0.3 is 5.97 Å². The summed E-state index contributed by atoms with van der Waals surface area (Å²) in [6.07, 6.45) is 0.427. The van der Waals surface area contributed by atoms with E-state index in [1.807, 2.05) is 0 Å². The van der Waals surface area contributed by atoms with E-state index in [0.717, 1.165) is 0 Å². The van der Waals surface area contributed by atoms with Crippen molar-refractivity contribution in [3.8, 4) is 0 Å². The number of hydrogen-bond donors (Lipinski definition) is 3. The van der Waals surface area contributed by atoms with Crippen LogP contribution >= 0.6 is 11.3 Å². The third-order valence-electron chi connectivity index (χ3n) is 2.58. The minimum absolute atomic E-state index is 0.0854. The largest absolute Gasteiger partial charge is 0.479 e. The van der Waals surface area contributed by atoms with Crippen molar-refractivity contribution in [2.45, 2.75) is 32.4 Å². The third-order valence-corrected chi connectivity index (χ3v) is 5.18. The Kier molecular flexibility index (Phi) is 6.31. The quantitative estimate of drug-likeness (QED) is 0.648. The van der Waals surface area contributed by atoms with Gasteiger partial charge < -0.3 is 10.4 Å². The molecule has 1 rings (SSSR count). The minimum Gasteiger partial charge on any atom is -0.479 e. The maximum absolute atomic E-state index is 11.9. The molecule has 2 unspecified atom stereocenters. The average Bonchev–Trinajstić information content (AvgIpc) is 2.87. The van der Waals surface area contributed by atoms with Crippen LogP contribution in [0.25, 0.3) is 0 Å². The van der Waals surface area contributed by atoms with Gasteiger partial charge in [-0.25, -0.2) is 17.9 Å². The molecule has 0 radical (unpaired) electrons. The summed E-state index contributed by atoms with van der Waals surface area (Å²) in [7, 11) is -3.54. The lowest BCUT2D eigenvalue weighted by atomic mass is 10.2. The number of rotatable bonds is 8. The molecule has 0 saturated heterocycles. The predicted octanol–water partition coefficient (Wildman–Crippen LogP) is 0.708. The first kappa shape index (κ1) is 17.6. The second-order valence-electron chi connectivity index (χ2n) is 4.45. The fourth-order valence-electron chi connectivity index (χ4n) is 1.63. The summed E-state index contributed by atoms with van der Waals surface area (Å²) < 4.78 is 25.4. The van der Waals surface area contributed by atoms with Gasteiger partial charge in [-0.05, 0) is 24.8 Å². The number of amides is 1. The SMILES string of the molecule is CCCS(=O)(=O)NC(C)C(=O)NC(C(=O)O)c1cccs1. The number of hydrogen-bond acceptors (Lipinski definition) is 5. The fraction of sp³-hybridized carbons (Fsp3) is 0.500. The van der Waals surface area contributed by atoms with E-state index in [-0.39, 0.29) is 5.75 Å². The first-order valence-electron chi connectivity index (χ1n) is 6.33. The van der Waals surface area contributed by atoms with E-state index >= 15 is 0 Å². The van der Waals surface area contributed by atoms with Gasteiger partial charge in [0.25, 0.3) is 0 Å². The Bertz CT molecular complexity index is 583. The van der Waals surface area contributed by atoms with E-state index in [2.05, 4.69) is 10.0 Å². The van der Waals surface area contributed by atoms with Crippen molar-refractivity contribution in [2.75, 3.05) is 5.75 Å². The molecule has 0 aromatic carbocycles. The summed E-state index contributed by atoms with van der Waals surface area (Å²) in [6.45, 7) is 3.08. The van der Waals surface area contributed by atoms with Crippen LogP contribution in [0.1, 0.15) is 31.2 Å². The topological polar surface area (TPSA) is 113 Å². The number of carbonyl (C=O) groups excluding carboxylic acids is 1. The Morgan fingerprint density at radius 1 is 1.43 bits per heavy atom. The Morgan fingerprint density at radius 2 is 2.10 bits per heavy atom. The number of aliphatic carboxylic acids is 1.